The first-order valence-electron chi connectivity index (χ1n) is 10.2. The van der Waals surface area contributed by atoms with Crippen LogP contribution in [0.15, 0.2) is 47.4 Å². The van der Waals surface area contributed by atoms with Crippen molar-refractivity contribution in [3.63, 3.8) is 0 Å². The lowest BCUT2D eigenvalue weighted by atomic mass is 10.3. The Morgan fingerprint density at radius 2 is 1.56 bits per heavy atom. The van der Waals surface area contributed by atoms with Gasteiger partial charge in [-0.05, 0) is 56.3 Å². The molecule has 1 aliphatic heterocycles. The van der Waals surface area contributed by atoms with Crippen LogP contribution in [0.4, 0.5) is 11.5 Å². The summed E-state index contributed by atoms with van der Waals surface area (Å²) < 4.78 is 29.2. The molecule has 1 aliphatic rings. The third-order valence-electron chi connectivity index (χ3n) is 5.24. The van der Waals surface area contributed by atoms with Crippen LogP contribution in [0, 0.1) is 13.8 Å². The van der Waals surface area contributed by atoms with Gasteiger partial charge in [0, 0.05) is 44.5 Å². The van der Waals surface area contributed by atoms with Crippen LogP contribution in [0.1, 0.15) is 18.3 Å². The van der Waals surface area contributed by atoms with E-state index in [-0.39, 0.29) is 10.8 Å². The van der Waals surface area contributed by atoms with Gasteiger partial charge in [0.2, 0.25) is 15.9 Å². The van der Waals surface area contributed by atoms with Gasteiger partial charge in [-0.2, -0.15) is 9.40 Å². The van der Waals surface area contributed by atoms with E-state index in [2.05, 4.69) is 20.6 Å². The normalized spacial score (nSPS) is 15.0. The standard InChI is InChI=1S/C21H25N7O3S/c1-15-14-16(2)28(25-15)21-9-8-20(23-24-21)26-10-12-27(13-11-26)32(30,31)19-6-4-18(5-7-19)22-17(3)29/h4-9,14H,10-13H2,1-3H3,(H,22,29). The van der Waals surface area contributed by atoms with E-state index in [0.717, 1.165) is 11.4 Å². The van der Waals surface area contributed by atoms with E-state index in [9.17, 15) is 13.2 Å². The maximum Gasteiger partial charge on any atom is 0.243 e. The predicted octanol–water partition coefficient (Wildman–Crippen LogP) is 1.75. The Morgan fingerprint density at radius 3 is 2.09 bits per heavy atom. The molecule has 168 valence electrons. The van der Waals surface area contributed by atoms with Crippen LogP contribution >= 0.6 is 0 Å². The number of anilines is 2. The number of nitrogens with zero attached hydrogens (tertiary/aromatic N) is 6. The molecule has 32 heavy (non-hydrogen) atoms. The van der Waals surface area contributed by atoms with Gasteiger partial charge in [-0.1, -0.05) is 0 Å². The van der Waals surface area contributed by atoms with E-state index in [1.165, 1.54) is 23.4 Å². The number of piperazine rings is 1. The first-order valence-corrected chi connectivity index (χ1v) is 11.7. The highest BCUT2D eigenvalue weighted by Gasteiger charge is 2.29. The average Bonchev–Trinajstić information content (AvgIpc) is 3.12. The highest BCUT2D eigenvalue weighted by Crippen LogP contribution is 2.22. The van der Waals surface area contributed by atoms with Crippen LogP contribution in [0.5, 0.6) is 0 Å². The fourth-order valence-corrected chi connectivity index (χ4v) is 5.10. The van der Waals surface area contributed by atoms with Crippen molar-refractivity contribution in [2.45, 2.75) is 25.7 Å². The Hall–Kier alpha value is -3.31. The number of rotatable bonds is 5. The van der Waals surface area contributed by atoms with Gasteiger partial charge in [0.15, 0.2) is 11.6 Å². The van der Waals surface area contributed by atoms with Crippen molar-refractivity contribution < 1.29 is 13.2 Å². The SMILES string of the molecule is CC(=O)Nc1ccc(S(=O)(=O)N2CCN(c3ccc(-n4nc(C)cc4C)nn3)CC2)cc1. The molecule has 3 heterocycles. The van der Waals surface area contributed by atoms with Gasteiger partial charge in [0.25, 0.3) is 0 Å². The van der Waals surface area contributed by atoms with Crippen molar-refractivity contribution >= 4 is 27.4 Å². The summed E-state index contributed by atoms with van der Waals surface area (Å²) in [5.74, 6) is 1.14. The zero-order valence-corrected chi connectivity index (χ0v) is 19.0. The minimum atomic E-state index is -3.61. The van der Waals surface area contributed by atoms with Gasteiger partial charge in [0.05, 0.1) is 10.6 Å². The van der Waals surface area contributed by atoms with Gasteiger partial charge < -0.3 is 10.2 Å². The van der Waals surface area contributed by atoms with Gasteiger partial charge in [-0.15, -0.1) is 10.2 Å². The summed E-state index contributed by atoms with van der Waals surface area (Å²) >= 11 is 0. The van der Waals surface area contributed by atoms with Crippen LogP contribution in [-0.4, -0.2) is 64.8 Å². The van der Waals surface area contributed by atoms with Crippen molar-refractivity contribution in [2.24, 2.45) is 0 Å². The number of amides is 1. The molecule has 0 bridgehead atoms. The van der Waals surface area contributed by atoms with Crippen LogP contribution in [0.2, 0.25) is 0 Å². The van der Waals surface area contributed by atoms with E-state index in [4.69, 9.17) is 0 Å². The molecule has 0 saturated carbocycles. The van der Waals surface area contributed by atoms with E-state index in [0.29, 0.717) is 43.5 Å². The largest absolute Gasteiger partial charge is 0.352 e. The Balaban J connectivity index is 1.41. The zero-order chi connectivity index (χ0) is 22.9. The summed E-state index contributed by atoms with van der Waals surface area (Å²) in [7, 11) is -3.61. The van der Waals surface area contributed by atoms with E-state index in [1.807, 2.05) is 36.9 Å². The fraction of sp³-hybridized carbons (Fsp3) is 0.333. The second-order valence-corrected chi connectivity index (χ2v) is 9.62. The summed E-state index contributed by atoms with van der Waals surface area (Å²) in [4.78, 5) is 13.4. The van der Waals surface area contributed by atoms with Crippen LogP contribution in [-0.2, 0) is 14.8 Å². The fourth-order valence-electron chi connectivity index (χ4n) is 3.68. The summed E-state index contributed by atoms with van der Waals surface area (Å²) in [5, 5.41) is 15.7. The average molecular weight is 456 g/mol. The zero-order valence-electron chi connectivity index (χ0n) is 18.2. The number of nitrogens with one attached hydrogen (secondary N) is 1. The molecule has 10 nitrogen and oxygen atoms in total. The molecule has 1 amide bonds. The monoisotopic (exact) mass is 455 g/mol. The molecule has 1 saturated heterocycles. The Labute approximate surface area is 186 Å². The molecule has 0 spiro atoms. The Bertz CT molecular complexity index is 1210. The number of hydrogen-bond acceptors (Lipinski definition) is 7. The maximum absolute atomic E-state index is 13.0. The number of carbonyl (C=O) groups is 1. The smallest absolute Gasteiger partial charge is 0.243 e. The van der Waals surface area contributed by atoms with E-state index in [1.54, 1.807) is 16.8 Å². The molecule has 0 aliphatic carbocycles. The van der Waals surface area contributed by atoms with Crippen molar-refractivity contribution in [1.29, 1.82) is 0 Å². The lowest BCUT2D eigenvalue weighted by molar-refractivity contribution is -0.114. The van der Waals surface area contributed by atoms with Gasteiger partial charge in [-0.25, -0.2) is 13.1 Å². The first kappa shape index (κ1) is 21.9. The molecule has 0 unspecified atom stereocenters. The molecular formula is C21H25N7O3S. The quantitative estimate of drug-likeness (QED) is 0.623. The highest BCUT2D eigenvalue weighted by atomic mass is 32.2. The van der Waals surface area contributed by atoms with Gasteiger partial charge >= 0.3 is 0 Å². The molecule has 1 fully saturated rings. The summed E-state index contributed by atoms with van der Waals surface area (Å²) in [6.07, 6.45) is 0. The van der Waals surface area contributed by atoms with E-state index >= 15 is 0 Å². The van der Waals surface area contributed by atoms with Gasteiger partial charge in [0.1, 0.15) is 0 Å². The topological polar surface area (TPSA) is 113 Å². The van der Waals surface area contributed by atoms with Crippen molar-refractivity contribution in [2.75, 3.05) is 36.4 Å². The number of benzene rings is 1. The molecule has 11 heteroatoms. The summed E-state index contributed by atoms with van der Waals surface area (Å²) in [5.41, 5.74) is 2.45. The summed E-state index contributed by atoms with van der Waals surface area (Å²) in [6.45, 7) is 7.00. The Kier molecular flexibility index (Phi) is 5.94. The van der Waals surface area contributed by atoms with Crippen LogP contribution in [0.3, 0.4) is 0 Å². The molecular weight excluding hydrogens is 430 g/mol. The maximum atomic E-state index is 13.0. The summed E-state index contributed by atoms with van der Waals surface area (Å²) in [6, 6.07) is 11.9. The van der Waals surface area contributed by atoms with Crippen molar-refractivity contribution in [1.82, 2.24) is 24.3 Å². The van der Waals surface area contributed by atoms with Crippen LogP contribution < -0.4 is 10.2 Å². The number of sulfonamides is 1. The second-order valence-electron chi connectivity index (χ2n) is 7.69. The number of aryl methyl sites for hydroxylation is 2. The lowest BCUT2D eigenvalue weighted by Gasteiger charge is -2.34. The molecule has 1 aromatic carbocycles. The lowest BCUT2D eigenvalue weighted by Crippen LogP contribution is -2.49. The third-order valence-corrected chi connectivity index (χ3v) is 7.15. The number of hydrogen-bond donors (Lipinski definition) is 1. The second kappa shape index (κ2) is 8.67. The number of aromatic nitrogens is 4. The molecule has 3 aromatic rings. The van der Waals surface area contributed by atoms with Crippen LogP contribution in [0.25, 0.3) is 5.82 Å². The van der Waals surface area contributed by atoms with Gasteiger partial charge in [-0.3, -0.25) is 4.79 Å². The molecule has 0 atom stereocenters. The number of carbonyl (C=O) groups excluding carboxylic acids is 1. The molecule has 0 radical (unpaired) electrons. The third kappa shape index (κ3) is 4.48. The predicted molar refractivity (Wildman–Crippen MR) is 120 cm³/mol. The molecule has 2 aromatic heterocycles. The first-order chi connectivity index (χ1) is 15.2. The van der Waals surface area contributed by atoms with Crippen molar-refractivity contribution in [3.8, 4) is 5.82 Å². The minimum absolute atomic E-state index is 0.203. The molecule has 1 N–H and O–H groups in total. The highest BCUT2D eigenvalue weighted by molar-refractivity contribution is 7.89. The Morgan fingerprint density at radius 1 is 0.938 bits per heavy atom. The molecule has 4 rings (SSSR count). The minimum Gasteiger partial charge on any atom is -0.352 e. The van der Waals surface area contributed by atoms with Crippen molar-refractivity contribution in [3.05, 3.63) is 53.9 Å². The van der Waals surface area contributed by atoms with E-state index < -0.39 is 10.0 Å².